The van der Waals surface area contributed by atoms with Crippen LogP contribution in [-0.4, -0.2) is 28.8 Å². The van der Waals surface area contributed by atoms with Gasteiger partial charge in [-0.25, -0.2) is 0 Å². The average Bonchev–Trinajstić information content (AvgIpc) is 3.13. The molecule has 0 radical (unpaired) electrons. The van der Waals surface area contributed by atoms with Crippen LogP contribution in [0.5, 0.6) is 0 Å². The Hall–Kier alpha value is -1.36. The molecule has 3 rings (SSSR count). The number of carbonyl (C=O) groups is 2. The van der Waals surface area contributed by atoms with E-state index in [1.165, 1.54) is 0 Å². The normalized spacial score (nSPS) is 28.4. The van der Waals surface area contributed by atoms with E-state index >= 15 is 0 Å². The van der Waals surface area contributed by atoms with Gasteiger partial charge in [-0.3, -0.25) is 9.59 Å². The lowest BCUT2D eigenvalue weighted by atomic mass is 9.99. The Labute approximate surface area is 123 Å². The summed E-state index contributed by atoms with van der Waals surface area (Å²) in [5.74, 6) is 0.453. The summed E-state index contributed by atoms with van der Waals surface area (Å²) in [4.78, 5) is 28.0. The number of hydrogen-bond donors (Lipinski definition) is 1. The predicted molar refractivity (Wildman–Crippen MR) is 78.3 cm³/mol. The molecule has 1 aliphatic carbocycles. The van der Waals surface area contributed by atoms with Crippen molar-refractivity contribution < 1.29 is 9.59 Å². The van der Waals surface area contributed by atoms with Crippen LogP contribution in [-0.2, 0) is 9.59 Å². The molecule has 3 unspecified atom stereocenters. The highest BCUT2D eigenvalue weighted by Crippen LogP contribution is 2.38. The molecule has 108 valence electrons. The average molecular weight is 292 g/mol. The van der Waals surface area contributed by atoms with Gasteiger partial charge in [-0.15, -0.1) is 11.3 Å². The van der Waals surface area contributed by atoms with Crippen molar-refractivity contribution >= 4 is 23.2 Å². The minimum atomic E-state index is -0.338. The van der Waals surface area contributed by atoms with E-state index in [1.807, 2.05) is 36.3 Å². The number of hydrogen-bond acceptors (Lipinski definition) is 3. The molecule has 0 aromatic carbocycles. The zero-order valence-electron chi connectivity index (χ0n) is 11.8. The highest BCUT2D eigenvalue weighted by Gasteiger charge is 2.47. The van der Waals surface area contributed by atoms with Gasteiger partial charge >= 0.3 is 0 Å². The summed E-state index contributed by atoms with van der Waals surface area (Å²) in [6, 6.07) is 3.36. The van der Waals surface area contributed by atoms with E-state index in [9.17, 15) is 9.59 Å². The van der Waals surface area contributed by atoms with Gasteiger partial charge in [0.05, 0.1) is 6.04 Å². The maximum atomic E-state index is 12.8. The van der Waals surface area contributed by atoms with Crippen molar-refractivity contribution in [3.63, 3.8) is 0 Å². The van der Waals surface area contributed by atoms with Gasteiger partial charge in [-0.1, -0.05) is 13.0 Å². The summed E-state index contributed by atoms with van der Waals surface area (Å²) >= 11 is 1.64. The molecule has 1 saturated heterocycles. The first-order valence-corrected chi connectivity index (χ1v) is 8.17. The Kier molecular flexibility index (Phi) is 3.54. The fraction of sp³-hybridized carbons (Fsp3) is 0.600. The Balaban J connectivity index is 1.90. The van der Waals surface area contributed by atoms with E-state index in [0.717, 1.165) is 17.7 Å². The summed E-state index contributed by atoms with van der Waals surface area (Å²) in [7, 11) is 0. The van der Waals surface area contributed by atoms with Crippen molar-refractivity contribution in [3.05, 3.63) is 22.4 Å². The molecule has 20 heavy (non-hydrogen) atoms. The third-order valence-electron chi connectivity index (χ3n) is 4.31. The SMILES string of the molecule is CCC1C(=O)NC(C2CC2)C(=O)N1C(C)c1cccs1. The van der Waals surface area contributed by atoms with Crippen LogP contribution in [0.4, 0.5) is 0 Å². The largest absolute Gasteiger partial charge is 0.342 e. The molecule has 0 spiro atoms. The molecule has 1 aliphatic heterocycles. The molecule has 2 amide bonds. The van der Waals surface area contributed by atoms with Gasteiger partial charge in [0, 0.05) is 4.88 Å². The van der Waals surface area contributed by atoms with Crippen LogP contribution in [0.1, 0.15) is 44.0 Å². The first-order chi connectivity index (χ1) is 9.63. The van der Waals surface area contributed by atoms with Crippen LogP contribution in [0.3, 0.4) is 0 Å². The second-order valence-corrected chi connectivity index (χ2v) is 6.66. The van der Waals surface area contributed by atoms with Crippen molar-refractivity contribution in [3.8, 4) is 0 Å². The lowest BCUT2D eigenvalue weighted by molar-refractivity contribution is -0.152. The molecule has 2 aliphatic rings. The van der Waals surface area contributed by atoms with E-state index in [4.69, 9.17) is 0 Å². The minimum Gasteiger partial charge on any atom is -0.342 e. The number of carbonyl (C=O) groups excluding carboxylic acids is 2. The summed E-state index contributed by atoms with van der Waals surface area (Å²) in [6.45, 7) is 3.98. The van der Waals surface area contributed by atoms with Crippen molar-refractivity contribution in [2.45, 2.75) is 51.2 Å². The molecular formula is C15H20N2O2S. The van der Waals surface area contributed by atoms with Gasteiger partial charge in [0.15, 0.2) is 0 Å². The third-order valence-corrected chi connectivity index (χ3v) is 5.35. The van der Waals surface area contributed by atoms with Gasteiger partial charge in [-0.05, 0) is 43.6 Å². The van der Waals surface area contributed by atoms with Crippen LogP contribution in [0, 0.1) is 5.92 Å². The van der Waals surface area contributed by atoms with E-state index in [1.54, 1.807) is 11.3 Å². The number of piperazine rings is 1. The highest BCUT2D eigenvalue weighted by molar-refractivity contribution is 7.10. The molecule has 4 nitrogen and oxygen atoms in total. The molecule has 2 fully saturated rings. The minimum absolute atomic E-state index is 0.00686. The summed E-state index contributed by atoms with van der Waals surface area (Å²) in [6.07, 6.45) is 2.76. The summed E-state index contributed by atoms with van der Waals surface area (Å²) in [5.41, 5.74) is 0. The molecule has 1 saturated carbocycles. The Morgan fingerprint density at radius 1 is 1.45 bits per heavy atom. The zero-order chi connectivity index (χ0) is 14.3. The van der Waals surface area contributed by atoms with E-state index in [2.05, 4.69) is 5.32 Å². The lowest BCUT2D eigenvalue weighted by Gasteiger charge is -2.42. The lowest BCUT2D eigenvalue weighted by Crippen LogP contribution is -2.64. The van der Waals surface area contributed by atoms with Crippen LogP contribution in [0.2, 0.25) is 0 Å². The van der Waals surface area contributed by atoms with Crippen LogP contribution in [0.25, 0.3) is 0 Å². The topological polar surface area (TPSA) is 49.4 Å². The number of nitrogens with one attached hydrogen (secondary N) is 1. The van der Waals surface area contributed by atoms with Crippen LogP contribution < -0.4 is 5.32 Å². The van der Waals surface area contributed by atoms with Crippen molar-refractivity contribution in [2.24, 2.45) is 5.92 Å². The van der Waals surface area contributed by atoms with Gasteiger partial charge < -0.3 is 10.2 Å². The van der Waals surface area contributed by atoms with Gasteiger partial charge in [0.1, 0.15) is 12.1 Å². The van der Waals surface area contributed by atoms with Gasteiger partial charge in [0.25, 0.3) is 0 Å². The van der Waals surface area contributed by atoms with Gasteiger partial charge in [-0.2, -0.15) is 0 Å². The molecule has 2 heterocycles. The predicted octanol–water partition coefficient (Wildman–Crippen LogP) is 2.32. The van der Waals surface area contributed by atoms with E-state index < -0.39 is 0 Å². The Morgan fingerprint density at radius 3 is 2.75 bits per heavy atom. The second-order valence-electron chi connectivity index (χ2n) is 5.68. The quantitative estimate of drug-likeness (QED) is 0.926. The standard InChI is InChI=1S/C15H20N2O2S/c1-3-11-14(18)16-13(10-6-7-10)15(19)17(11)9(2)12-5-4-8-20-12/h4-5,8-11,13H,3,6-7H2,1-2H3,(H,16,18). The fourth-order valence-corrected chi connectivity index (χ4v) is 3.79. The molecule has 3 atom stereocenters. The maximum absolute atomic E-state index is 12.8. The Bertz CT molecular complexity index is 510. The van der Waals surface area contributed by atoms with Crippen molar-refractivity contribution in [1.82, 2.24) is 10.2 Å². The number of thiophene rings is 1. The van der Waals surface area contributed by atoms with E-state index in [0.29, 0.717) is 12.3 Å². The first-order valence-electron chi connectivity index (χ1n) is 7.29. The third kappa shape index (κ3) is 2.24. The summed E-state index contributed by atoms with van der Waals surface area (Å²) in [5, 5.41) is 4.95. The molecule has 0 bridgehead atoms. The van der Waals surface area contributed by atoms with Crippen molar-refractivity contribution in [2.75, 3.05) is 0 Å². The van der Waals surface area contributed by atoms with Crippen LogP contribution >= 0.6 is 11.3 Å². The number of rotatable bonds is 4. The molecule has 1 aromatic rings. The van der Waals surface area contributed by atoms with Crippen LogP contribution in [0.15, 0.2) is 17.5 Å². The number of amides is 2. The van der Waals surface area contributed by atoms with Gasteiger partial charge in [0.2, 0.25) is 11.8 Å². The molecule has 5 heteroatoms. The molecule has 1 N–H and O–H groups in total. The number of nitrogens with zero attached hydrogens (tertiary/aromatic N) is 1. The monoisotopic (exact) mass is 292 g/mol. The summed E-state index contributed by atoms with van der Waals surface area (Å²) < 4.78 is 0. The highest BCUT2D eigenvalue weighted by atomic mass is 32.1. The fourth-order valence-electron chi connectivity index (χ4n) is 3.01. The second kappa shape index (κ2) is 5.20. The molecular weight excluding hydrogens is 272 g/mol. The maximum Gasteiger partial charge on any atom is 0.246 e. The smallest absolute Gasteiger partial charge is 0.246 e. The molecule has 1 aromatic heterocycles. The van der Waals surface area contributed by atoms with E-state index in [-0.39, 0.29) is 29.9 Å². The zero-order valence-corrected chi connectivity index (χ0v) is 12.7. The first kappa shape index (κ1) is 13.6. The Morgan fingerprint density at radius 2 is 2.20 bits per heavy atom. The van der Waals surface area contributed by atoms with Crippen molar-refractivity contribution in [1.29, 1.82) is 0 Å².